The Balaban J connectivity index is 1.70. The second-order valence-corrected chi connectivity index (χ2v) is 11.2. The summed E-state index contributed by atoms with van der Waals surface area (Å²) in [5.41, 5.74) is -0.548. The lowest BCUT2D eigenvalue weighted by atomic mass is 9.84. The van der Waals surface area contributed by atoms with Gasteiger partial charge in [0.25, 0.3) is 5.91 Å². The van der Waals surface area contributed by atoms with E-state index in [0.29, 0.717) is 11.7 Å². The van der Waals surface area contributed by atoms with Crippen LogP contribution in [0.4, 0.5) is 0 Å². The van der Waals surface area contributed by atoms with Crippen LogP contribution in [0.5, 0.6) is 0 Å². The Hall–Kier alpha value is -3.04. The third kappa shape index (κ3) is 3.29. The first kappa shape index (κ1) is 24.1. The van der Waals surface area contributed by atoms with Crippen LogP contribution in [-0.2, 0) is 4.79 Å². The molecule has 0 bridgehead atoms. The average Bonchev–Trinajstić information content (AvgIpc) is 3.17. The van der Waals surface area contributed by atoms with Crippen molar-refractivity contribution in [1.82, 2.24) is 15.0 Å². The van der Waals surface area contributed by atoms with Crippen molar-refractivity contribution in [2.24, 2.45) is 15.0 Å². The highest BCUT2D eigenvalue weighted by Gasteiger charge is 2.52. The zero-order valence-corrected chi connectivity index (χ0v) is 21.4. The van der Waals surface area contributed by atoms with Gasteiger partial charge in [0.05, 0.1) is 22.2 Å². The molecular weight excluding hydrogens is 432 g/mol. The number of rotatable bonds is 3. The lowest BCUT2D eigenvalue weighted by Gasteiger charge is -2.36. The minimum atomic E-state index is -0.657. The molecule has 182 valence electrons. The Morgan fingerprint density at radius 2 is 1.35 bits per heavy atom. The van der Waals surface area contributed by atoms with E-state index in [9.17, 15) is 15.2 Å². The maximum absolute atomic E-state index is 13.0. The smallest absolute Gasteiger partial charge is 0.277 e. The van der Waals surface area contributed by atoms with E-state index in [4.69, 9.17) is 4.99 Å². The maximum Gasteiger partial charge on any atom is 0.277 e. The Bertz CT molecular complexity index is 1190. The first-order valence-corrected chi connectivity index (χ1v) is 11.4. The van der Waals surface area contributed by atoms with Crippen molar-refractivity contribution in [2.75, 3.05) is 7.05 Å². The molecule has 3 aliphatic rings. The number of hydrogen-bond acceptors (Lipinski definition) is 8. The number of carbonyl (C=O) groups is 1. The first-order valence-electron chi connectivity index (χ1n) is 11.4. The van der Waals surface area contributed by atoms with Crippen molar-refractivity contribution < 1.29 is 15.2 Å². The molecule has 0 spiro atoms. The van der Waals surface area contributed by atoms with Crippen molar-refractivity contribution in [2.45, 2.75) is 77.5 Å². The van der Waals surface area contributed by atoms with Gasteiger partial charge >= 0.3 is 0 Å². The predicted molar refractivity (Wildman–Crippen MR) is 132 cm³/mol. The predicted octanol–water partition coefficient (Wildman–Crippen LogP) is 3.57. The third-order valence-corrected chi connectivity index (χ3v) is 7.94. The number of nitrogens with zero attached hydrogens (tertiary/aromatic N) is 6. The standard InChI is InChI=1S/C25H34N6O3/c1-22(2)24(5,6)30(33)18(27-22)16-12-10-11-15(13-16)14-17-21(32)29(9)19(26-17)20-28-23(3,4)25(7,8)31(20)34/h10-14,33-34H,1-9H3/b17-14+. The molecule has 9 nitrogen and oxygen atoms in total. The fourth-order valence-corrected chi connectivity index (χ4v) is 4.00. The van der Waals surface area contributed by atoms with E-state index >= 15 is 0 Å². The molecule has 0 saturated heterocycles. The van der Waals surface area contributed by atoms with E-state index in [-0.39, 0.29) is 17.4 Å². The second kappa shape index (κ2) is 7.23. The maximum atomic E-state index is 13.0. The number of hydroxylamine groups is 4. The summed E-state index contributed by atoms with van der Waals surface area (Å²) in [5.74, 6) is 0.765. The number of carbonyl (C=O) groups excluding carboxylic acids is 1. The van der Waals surface area contributed by atoms with Crippen LogP contribution in [-0.4, -0.2) is 78.1 Å². The molecule has 1 aromatic carbocycles. The summed E-state index contributed by atoms with van der Waals surface area (Å²) in [4.78, 5) is 28.3. The van der Waals surface area contributed by atoms with Gasteiger partial charge in [-0.05, 0) is 73.1 Å². The van der Waals surface area contributed by atoms with Gasteiger partial charge in [-0.2, -0.15) is 0 Å². The normalized spacial score (nSPS) is 25.7. The second-order valence-electron chi connectivity index (χ2n) is 11.2. The van der Waals surface area contributed by atoms with E-state index in [0.717, 1.165) is 16.2 Å². The van der Waals surface area contributed by atoms with Gasteiger partial charge in [-0.3, -0.25) is 30.1 Å². The van der Waals surface area contributed by atoms with Crippen LogP contribution >= 0.6 is 0 Å². The van der Waals surface area contributed by atoms with Crippen molar-refractivity contribution >= 4 is 29.5 Å². The van der Waals surface area contributed by atoms with Gasteiger partial charge in [0, 0.05) is 12.6 Å². The molecule has 3 heterocycles. The van der Waals surface area contributed by atoms with E-state index < -0.39 is 22.2 Å². The summed E-state index contributed by atoms with van der Waals surface area (Å²) in [6.45, 7) is 15.5. The van der Waals surface area contributed by atoms with Gasteiger partial charge in [-0.15, -0.1) is 0 Å². The summed E-state index contributed by atoms with van der Waals surface area (Å²) in [6, 6.07) is 7.46. The van der Waals surface area contributed by atoms with Gasteiger partial charge in [0.15, 0.2) is 17.5 Å². The molecule has 0 aromatic heterocycles. The Morgan fingerprint density at radius 1 is 0.824 bits per heavy atom. The Morgan fingerprint density at radius 3 is 1.85 bits per heavy atom. The number of hydrogen-bond donors (Lipinski definition) is 2. The number of amides is 1. The summed E-state index contributed by atoms with van der Waals surface area (Å²) < 4.78 is 0. The zero-order chi connectivity index (χ0) is 25.4. The molecule has 0 saturated carbocycles. The van der Waals surface area contributed by atoms with Gasteiger partial charge in [0.2, 0.25) is 0 Å². The van der Waals surface area contributed by atoms with Gasteiger partial charge < -0.3 is 0 Å². The van der Waals surface area contributed by atoms with Crippen LogP contribution in [0.15, 0.2) is 44.9 Å². The molecule has 34 heavy (non-hydrogen) atoms. The molecule has 0 aliphatic carbocycles. The van der Waals surface area contributed by atoms with E-state index in [2.05, 4.69) is 9.98 Å². The number of benzene rings is 1. The fourth-order valence-electron chi connectivity index (χ4n) is 4.00. The SMILES string of the molecule is CN1C(=O)/C(=C\c2cccc(C3=NC(C)(C)C(C)(C)N3O)c2)N=C1C1=NC(C)(C)C(C)(C)N1O. The van der Waals surface area contributed by atoms with Crippen LogP contribution in [0.3, 0.4) is 0 Å². The minimum absolute atomic E-state index is 0.239. The molecule has 4 rings (SSSR count). The Kier molecular flexibility index (Phi) is 5.12. The molecule has 0 radical (unpaired) electrons. The quantitative estimate of drug-likeness (QED) is 0.663. The molecule has 0 atom stereocenters. The van der Waals surface area contributed by atoms with Crippen LogP contribution in [0.2, 0.25) is 0 Å². The molecule has 0 fully saturated rings. The molecular formula is C25H34N6O3. The number of likely N-dealkylation sites (N-methyl/N-ethyl adjacent to an activating group) is 1. The topological polar surface area (TPSA) is 104 Å². The van der Waals surface area contributed by atoms with Crippen LogP contribution < -0.4 is 0 Å². The molecule has 1 aromatic rings. The van der Waals surface area contributed by atoms with Crippen LogP contribution in [0.1, 0.15) is 66.5 Å². The summed E-state index contributed by atoms with van der Waals surface area (Å²) in [7, 11) is 1.62. The molecule has 0 unspecified atom stereocenters. The largest absolute Gasteiger partial charge is 0.291 e. The van der Waals surface area contributed by atoms with E-state index in [1.54, 1.807) is 13.1 Å². The highest BCUT2D eigenvalue weighted by atomic mass is 16.5. The average molecular weight is 467 g/mol. The molecule has 1 amide bonds. The van der Waals surface area contributed by atoms with Crippen molar-refractivity contribution in [1.29, 1.82) is 0 Å². The third-order valence-electron chi connectivity index (χ3n) is 7.94. The number of aliphatic imine (C=N–C) groups is 3. The highest BCUT2D eigenvalue weighted by Crippen LogP contribution is 2.39. The first-order chi connectivity index (χ1) is 15.5. The van der Waals surface area contributed by atoms with E-state index in [1.807, 2.05) is 79.7 Å². The zero-order valence-electron chi connectivity index (χ0n) is 21.4. The van der Waals surface area contributed by atoms with Gasteiger partial charge in [-0.25, -0.2) is 15.1 Å². The van der Waals surface area contributed by atoms with Crippen molar-refractivity contribution in [3.8, 4) is 0 Å². The van der Waals surface area contributed by atoms with Crippen LogP contribution in [0, 0.1) is 0 Å². The van der Waals surface area contributed by atoms with Crippen LogP contribution in [0.25, 0.3) is 6.08 Å². The fraction of sp³-hybridized carbons (Fsp3) is 0.520. The summed E-state index contributed by atoms with van der Waals surface area (Å²) in [5, 5.41) is 23.9. The highest BCUT2D eigenvalue weighted by molar-refractivity contribution is 6.46. The molecule has 3 aliphatic heterocycles. The summed E-state index contributed by atoms with van der Waals surface area (Å²) in [6.07, 6.45) is 1.69. The minimum Gasteiger partial charge on any atom is -0.291 e. The van der Waals surface area contributed by atoms with Gasteiger partial charge in [-0.1, -0.05) is 18.2 Å². The monoisotopic (exact) mass is 466 g/mol. The molecule has 2 N–H and O–H groups in total. The Labute approximate surface area is 200 Å². The lowest BCUT2D eigenvalue weighted by molar-refractivity contribution is -0.121. The van der Waals surface area contributed by atoms with Crippen molar-refractivity contribution in [3.63, 3.8) is 0 Å². The van der Waals surface area contributed by atoms with Crippen molar-refractivity contribution in [3.05, 3.63) is 41.1 Å². The number of amidine groups is 3. The summed E-state index contributed by atoms with van der Waals surface area (Å²) >= 11 is 0. The van der Waals surface area contributed by atoms with Gasteiger partial charge in [0.1, 0.15) is 5.70 Å². The van der Waals surface area contributed by atoms with E-state index in [1.165, 1.54) is 9.96 Å². The molecule has 9 heteroatoms. The lowest BCUT2D eigenvalue weighted by Crippen LogP contribution is -2.53.